The summed E-state index contributed by atoms with van der Waals surface area (Å²) in [5.74, 6) is 1.05. The van der Waals surface area contributed by atoms with Crippen LogP contribution in [0.3, 0.4) is 0 Å². The van der Waals surface area contributed by atoms with Crippen molar-refractivity contribution in [2.75, 3.05) is 19.6 Å². The molecule has 3 heteroatoms. The maximum atomic E-state index is 5.35. The molecule has 0 aromatic carbocycles. The van der Waals surface area contributed by atoms with E-state index in [4.69, 9.17) is 4.42 Å². The highest BCUT2D eigenvalue weighted by molar-refractivity contribution is 4.97. The van der Waals surface area contributed by atoms with Gasteiger partial charge >= 0.3 is 0 Å². The number of nitrogens with zero attached hydrogens (tertiary/aromatic N) is 1. The molecule has 0 radical (unpaired) electrons. The first-order valence-electron chi connectivity index (χ1n) is 6.24. The van der Waals surface area contributed by atoms with Gasteiger partial charge in [-0.05, 0) is 32.0 Å². The van der Waals surface area contributed by atoms with Crippen LogP contribution in [0.5, 0.6) is 0 Å². The molecule has 0 aliphatic heterocycles. The Hall–Kier alpha value is -0.800. The molecule has 1 rings (SSSR count). The zero-order valence-corrected chi connectivity index (χ0v) is 10.7. The van der Waals surface area contributed by atoms with E-state index in [1.807, 2.05) is 12.1 Å². The van der Waals surface area contributed by atoms with Gasteiger partial charge in [-0.2, -0.15) is 0 Å². The summed E-state index contributed by atoms with van der Waals surface area (Å²) in [5.41, 5.74) is 0. The highest BCUT2D eigenvalue weighted by atomic mass is 16.3. The Morgan fingerprint density at radius 1 is 1.44 bits per heavy atom. The minimum absolute atomic E-state index is 0.613. The van der Waals surface area contributed by atoms with Crippen molar-refractivity contribution in [3.05, 3.63) is 24.2 Å². The van der Waals surface area contributed by atoms with Gasteiger partial charge in [-0.1, -0.05) is 13.8 Å². The van der Waals surface area contributed by atoms with E-state index >= 15 is 0 Å². The van der Waals surface area contributed by atoms with Crippen molar-refractivity contribution in [3.63, 3.8) is 0 Å². The summed E-state index contributed by atoms with van der Waals surface area (Å²) < 4.78 is 5.35. The van der Waals surface area contributed by atoms with E-state index in [0.717, 1.165) is 31.9 Å². The van der Waals surface area contributed by atoms with E-state index in [9.17, 15) is 0 Å². The summed E-state index contributed by atoms with van der Waals surface area (Å²) >= 11 is 0. The van der Waals surface area contributed by atoms with Crippen LogP contribution in [0.25, 0.3) is 0 Å². The summed E-state index contributed by atoms with van der Waals surface area (Å²) in [5, 5.41) is 3.50. The zero-order chi connectivity index (χ0) is 11.8. The predicted molar refractivity (Wildman–Crippen MR) is 67.4 cm³/mol. The molecule has 0 spiro atoms. The summed E-state index contributed by atoms with van der Waals surface area (Å²) in [6.45, 7) is 10.7. The lowest BCUT2D eigenvalue weighted by molar-refractivity contribution is 0.252. The normalized spacial score (nSPS) is 13.2. The van der Waals surface area contributed by atoms with Crippen LogP contribution in [0.15, 0.2) is 22.8 Å². The maximum Gasteiger partial charge on any atom is 0.117 e. The molecule has 0 aliphatic rings. The second kappa shape index (κ2) is 7.47. The molecule has 1 N–H and O–H groups in total. The fourth-order valence-electron chi connectivity index (χ4n) is 1.59. The highest BCUT2D eigenvalue weighted by Gasteiger charge is 2.05. The average molecular weight is 224 g/mol. The van der Waals surface area contributed by atoms with Gasteiger partial charge in [0.2, 0.25) is 0 Å². The first-order chi connectivity index (χ1) is 7.76. The first-order valence-corrected chi connectivity index (χ1v) is 6.24. The van der Waals surface area contributed by atoms with Crippen molar-refractivity contribution < 1.29 is 4.42 Å². The molecule has 1 unspecified atom stereocenters. The summed E-state index contributed by atoms with van der Waals surface area (Å²) in [7, 11) is 0. The Morgan fingerprint density at radius 2 is 2.25 bits per heavy atom. The van der Waals surface area contributed by atoms with Crippen LogP contribution in [0, 0.1) is 0 Å². The third kappa shape index (κ3) is 4.81. The lowest BCUT2D eigenvalue weighted by Crippen LogP contribution is -2.35. The van der Waals surface area contributed by atoms with Crippen LogP contribution in [0.1, 0.15) is 33.0 Å². The Balaban J connectivity index is 2.22. The summed E-state index contributed by atoms with van der Waals surface area (Å²) in [4.78, 5) is 2.38. The molecule has 1 aromatic rings. The number of hydrogen-bond donors (Lipinski definition) is 1. The number of hydrogen-bond acceptors (Lipinski definition) is 3. The molecule has 0 fully saturated rings. The molecule has 16 heavy (non-hydrogen) atoms. The number of nitrogens with one attached hydrogen (secondary N) is 1. The fourth-order valence-corrected chi connectivity index (χ4v) is 1.59. The summed E-state index contributed by atoms with van der Waals surface area (Å²) in [6, 6.07) is 4.59. The molecular weight excluding hydrogens is 200 g/mol. The van der Waals surface area contributed by atoms with Gasteiger partial charge in [-0.15, -0.1) is 0 Å². The minimum atomic E-state index is 0.613. The highest BCUT2D eigenvalue weighted by Crippen LogP contribution is 2.04. The van der Waals surface area contributed by atoms with Gasteiger partial charge in [-0.25, -0.2) is 0 Å². The standard InChI is InChI=1S/C13H24N2O/c1-4-12(3)14-8-9-15(5-2)11-13-7-6-10-16-13/h6-7,10,12,14H,4-5,8-9,11H2,1-3H3. The quantitative estimate of drug-likeness (QED) is 0.735. The Kier molecular flexibility index (Phi) is 6.19. The maximum absolute atomic E-state index is 5.35. The van der Waals surface area contributed by atoms with Crippen LogP contribution in [-0.4, -0.2) is 30.6 Å². The molecular formula is C13H24N2O. The monoisotopic (exact) mass is 224 g/mol. The van der Waals surface area contributed by atoms with Crippen molar-refractivity contribution in [1.29, 1.82) is 0 Å². The topological polar surface area (TPSA) is 28.4 Å². The third-order valence-electron chi connectivity index (χ3n) is 2.94. The van der Waals surface area contributed by atoms with Crippen LogP contribution in [0.2, 0.25) is 0 Å². The molecule has 3 nitrogen and oxygen atoms in total. The van der Waals surface area contributed by atoms with E-state index < -0.39 is 0 Å². The second-order valence-electron chi connectivity index (χ2n) is 4.21. The molecule has 92 valence electrons. The number of likely N-dealkylation sites (N-methyl/N-ethyl adjacent to an activating group) is 1. The second-order valence-corrected chi connectivity index (χ2v) is 4.21. The molecule has 1 atom stereocenters. The van der Waals surface area contributed by atoms with Gasteiger partial charge in [0.25, 0.3) is 0 Å². The van der Waals surface area contributed by atoms with Crippen LogP contribution in [0.4, 0.5) is 0 Å². The van der Waals surface area contributed by atoms with Crippen molar-refractivity contribution >= 4 is 0 Å². The van der Waals surface area contributed by atoms with Gasteiger partial charge in [0.05, 0.1) is 12.8 Å². The average Bonchev–Trinajstić information content (AvgIpc) is 2.80. The molecule has 1 heterocycles. The largest absolute Gasteiger partial charge is 0.468 e. The van der Waals surface area contributed by atoms with E-state index in [1.165, 1.54) is 6.42 Å². The van der Waals surface area contributed by atoms with E-state index in [0.29, 0.717) is 6.04 Å². The number of rotatable bonds is 8. The van der Waals surface area contributed by atoms with Crippen molar-refractivity contribution in [2.24, 2.45) is 0 Å². The van der Waals surface area contributed by atoms with E-state index in [1.54, 1.807) is 6.26 Å². The van der Waals surface area contributed by atoms with E-state index in [2.05, 4.69) is 31.0 Å². The predicted octanol–water partition coefficient (Wildman–Crippen LogP) is 2.49. The Bertz CT molecular complexity index is 259. The summed E-state index contributed by atoms with van der Waals surface area (Å²) in [6.07, 6.45) is 2.92. The number of furan rings is 1. The molecule has 0 aliphatic carbocycles. The van der Waals surface area contributed by atoms with Gasteiger partial charge < -0.3 is 9.73 Å². The SMILES string of the molecule is CCC(C)NCCN(CC)Cc1ccco1. The lowest BCUT2D eigenvalue weighted by atomic mass is 10.2. The third-order valence-corrected chi connectivity index (χ3v) is 2.94. The Labute approximate surface area is 98.8 Å². The molecule has 0 amide bonds. The minimum Gasteiger partial charge on any atom is -0.468 e. The first kappa shape index (κ1) is 13.3. The van der Waals surface area contributed by atoms with Crippen molar-refractivity contribution in [3.8, 4) is 0 Å². The van der Waals surface area contributed by atoms with Crippen LogP contribution < -0.4 is 5.32 Å². The van der Waals surface area contributed by atoms with Gasteiger partial charge in [0.1, 0.15) is 5.76 Å². The van der Waals surface area contributed by atoms with Gasteiger partial charge in [-0.3, -0.25) is 4.90 Å². The van der Waals surface area contributed by atoms with Crippen molar-refractivity contribution in [1.82, 2.24) is 10.2 Å². The molecule has 0 saturated heterocycles. The van der Waals surface area contributed by atoms with Crippen LogP contribution in [-0.2, 0) is 6.54 Å². The van der Waals surface area contributed by atoms with Crippen molar-refractivity contribution in [2.45, 2.75) is 39.8 Å². The van der Waals surface area contributed by atoms with E-state index in [-0.39, 0.29) is 0 Å². The fraction of sp³-hybridized carbons (Fsp3) is 0.692. The Morgan fingerprint density at radius 3 is 2.81 bits per heavy atom. The smallest absolute Gasteiger partial charge is 0.117 e. The molecule has 0 bridgehead atoms. The lowest BCUT2D eigenvalue weighted by Gasteiger charge is -2.20. The molecule has 1 aromatic heterocycles. The molecule has 0 saturated carbocycles. The van der Waals surface area contributed by atoms with Crippen LogP contribution >= 0.6 is 0 Å². The zero-order valence-electron chi connectivity index (χ0n) is 10.7. The van der Waals surface area contributed by atoms with Gasteiger partial charge in [0, 0.05) is 19.1 Å². The van der Waals surface area contributed by atoms with Gasteiger partial charge in [0.15, 0.2) is 0 Å².